The summed E-state index contributed by atoms with van der Waals surface area (Å²) < 4.78 is 28.5. The van der Waals surface area contributed by atoms with Gasteiger partial charge in [-0.05, 0) is 48.7 Å². The molecule has 3 rings (SSSR count). The molecule has 3 aromatic carbocycles. The SMILES string of the molecule is CCCNC(=O)C(CC)N(Cc1ccccc1Cl)C(=O)CN(c1ccccc1Cl)S(=O)(=O)c1ccccc1. The molecule has 0 aliphatic heterocycles. The summed E-state index contributed by atoms with van der Waals surface area (Å²) in [4.78, 5) is 28.5. The molecule has 0 heterocycles. The highest BCUT2D eigenvalue weighted by Crippen LogP contribution is 2.31. The lowest BCUT2D eigenvalue weighted by molar-refractivity contribution is -0.140. The lowest BCUT2D eigenvalue weighted by Crippen LogP contribution is -2.52. The second-order valence-electron chi connectivity index (χ2n) is 8.60. The number of para-hydroxylation sites is 1. The van der Waals surface area contributed by atoms with E-state index in [1.54, 1.807) is 73.7 Å². The molecule has 0 spiro atoms. The van der Waals surface area contributed by atoms with Crippen molar-refractivity contribution in [1.29, 1.82) is 0 Å². The van der Waals surface area contributed by atoms with Gasteiger partial charge in [0, 0.05) is 18.1 Å². The van der Waals surface area contributed by atoms with Crippen molar-refractivity contribution in [3.63, 3.8) is 0 Å². The Morgan fingerprint density at radius 1 is 0.868 bits per heavy atom. The predicted octanol–water partition coefficient (Wildman–Crippen LogP) is 5.52. The first-order chi connectivity index (χ1) is 18.2. The summed E-state index contributed by atoms with van der Waals surface area (Å²) >= 11 is 12.8. The van der Waals surface area contributed by atoms with Crippen molar-refractivity contribution in [2.75, 3.05) is 17.4 Å². The highest BCUT2D eigenvalue weighted by Gasteiger charge is 2.34. The third kappa shape index (κ3) is 7.07. The standard InChI is InChI=1S/C28H31Cl2N3O4S/c1-3-18-31-28(35)25(4-2)32(19-21-12-8-9-15-23(21)29)27(34)20-33(26-17-11-10-16-24(26)30)38(36,37)22-13-6-5-7-14-22/h5-17,25H,3-4,18-20H2,1-2H3,(H,31,35). The molecule has 1 atom stereocenters. The number of hydrogen-bond acceptors (Lipinski definition) is 4. The van der Waals surface area contributed by atoms with E-state index < -0.39 is 28.5 Å². The van der Waals surface area contributed by atoms with Crippen LogP contribution in [0.2, 0.25) is 10.0 Å². The Hall–Kier alpha value is -3.07. The Morgan fingerprint density at radius 2 is 1.47 bits per heavy atom. The average molecular weight is 577 g/mol. The molecule has 7 nitrogen and oxygen atoms in total. The molecule has 0 bridgehead atoms. The maximum Gasteiger partial charge on any atom is 0.264 e. The quantitative estimate of drug-likeness (QED) is 0.308. The van der Waals surface area contributed by atoms with Crippen LogP contribution in [-0.2, 0) is 26.2 Å². The van der Waals surface area contributed by atoms with Crippen LogP contribution in [0.25, 0.3) is 0 Å². The zero-order chi connectivity index (χ0) is 27.7. The maximum absolute atomic E-state index is 14.0. The normalized spacial score (nSPS) is 12.0. The summed E-state index contributed by atoms with van der Waals surface area (Å²) in [6.07, 6.45) is 1.06. The van der Waals surface area contributed by atoms with Gasteiger partial charge >= 0.3 is 0 Å². The number of halogens is 2. The molecule has 0 aliphatic carbocycles. The van der Waals surface area contributed by atoms with E-state index in [1.165, 1.54) is 17.0 Å². The fourth-order valence-electron chi connectivity index (χ4n) is 3.98. The third-order valence-corrected chi connectivity index (χ3v) is 8.43. The molecule has 3 aromatic rings. The van der Waals surface area contributed by atoms with E-state index in [1.807, 2.05) is 6.92 Å². The first kappa shape index (κ1) is 29.5. The zero-order valence-corrected chi connectivity index (χ0v) is 23.6. The Balaban J connectivity index is 2.06. The number of sulfonamides is 1. The largest absolute Gasteiger partial charge is 0.354 e. The van der Waals surface area contributed by atoms with Gasteiger partial charge in [0.1, 0.15) is 12.6 Å². The van der Waals surface area contributed by atoms with Crippen molar-refractivity contribution in [3.05, 3.63) is 94.5 Å². The van der Waals surface area contributed by atoms with Gasteiger partial charge in [0.2, 0.25) is 11.8 Å². The van der Waals surface area contributed by atoms with Gasteiger partial charge in [-0.25, -0.2) is 8.42 Å². The molecular formula is C28H31Cl2N3O4S. The van der Waals surface area contributed by atoms with Crippen molar-refractivity contribution in [3.8, 4) is 0 Å². The number of anilines is 1. The first-order valence-corrected chi connectivity index (χ1v) is 14.5. The fraction of sp³-hybridized carbons (Fsp3) is 0.286. The lowest BCUT2D eigenvalue weighted by atomic mass is 10.1. The molecule has 0 aliphatic rings. The number of benzene rings is 3. The van der Waals surface area contributed by atoms with Crippen LogP contribution in [0.1, 0.15) is 32.3 Å². The van der Waals surface area contributed by atoms with Crippen molar-refractivity contribution in [2.45, 2.75) is 44.2 Å². The van der Waals surface area contributed by atoms with Gasteiger partial charge in [-0.15, -0.1) is 0 Å². The van der Waals surface area contributed by atoms with Crippen LogP contribution in [0.15, 0.2) is 83.8 Å². The van der Waals surface area contributed by atoms with Crippen molar-refractivity contribution in [2.24, 2.45) is 0 Å². The summed E-state index contributed by atoms with van der Waals surface area (Å²) in [6, 6.07) is 20.5. The van der Waals surface area contributed by atoms with E-state index >= 15 is 0 Å². The minimum atomic E-state index is -4.18. The first-order valence-electron chi connectivity index (χ1n) is 12.3. The van der Waals surface area contributed by atoms with Crippen LogP contribution in [0, 0.1) is 0 Å². The monoisotopic (exact) mass is 575 g/mol. The molecule has 0 aromatic heterocycles. The Kier molecular flexibility index (Phi) is 10.6. The van der Waals surface area contributed by atoms with E-state index in [0.29, 0.717) is 23.6 Å². The minimum Gasteiger partial charge on any atom is -0.354 e. The van der Waals surface area contributed by atoms with E-state index in [2.05, 4.69) is 5.32 Å². The summed E-state index contributed by atoms with van der Waals surface area (Å²) in [5.41, 5.74) is 0.798. The lowest BCUT2D eigenvalue weighted by Gasteiger charge is -2.33. The van der Waals surface area contributed by atoms with Gasteiger partial charge in [-0.1, -0.05) is 85.6 Å². The number of nitrogens with zero attached hydrogens (tertiary/aromatic N) is 2. The summed E-state index contributed by atoms with van der Waals surface area (Å²) in [7, 11) is -4.18. The number of amides is 2. The van der Waals surface area contributed by atoms with Crippen molar-refractivity contribution < 1.29 is 18.0 Å². The number of carbonyl (C=O) groups is 2. The smallest absolute Gasteiger partial charge is 0.264 e. The van der Waals surface area contributed by atoms with Crippen LogP contribution < -0.4 is 9.62 Å². The number of nitrogens with one attached hydrogen (secondary N) is 1. The molecule has 0 radical (unpaired) electrons. The summed E-state index contributed by atoms with van der Waals surface area (Å²) in [6.45, 7) is 3.65. The summed E-state index contributed by atoms with van der Waals surface area (Å²) in [5.74, 6) is -0.882. The predicted molar refractivity (Wildman–Crippen MR) is 152 cm³/mol. The second kappa shape index (κ2) is 13.6. The van der Waals surface area contributed by atoms with E-state index in [4.69, 9.17) is 23.2 Å². The van der Waals surface area contributed by atoms with Crippen LogP contribution in [0.4, 0.5) is 5.69 Å². The minimum absolute atomic E-state index is 0.0121. The fourth-order valence-corrected chi connectivity index (χ4v) is 5.92. The molecule has 0 saturated carbocycles. The number of rotatable bonds is 12. The molecule has 0 fully saturated rings. The van der Waals surface area contributed by atoms with E-state index in [9.17, 15) is 18.0 Å². The highest BCUT2D eigenvalue weighted by atomic mass is 35.5. The Labute approximate surface area is 234 Å². The number of hydrogen-bond donors (Lipinski definition) is 1. The zero-order valence-electron chi connectivity index (χ0n) is 21.3. The van der Waals surface area contributed by atoms with Crippen molar-refractivity contribution in [1.82, 2.24) is 10.2 Å². The highest BCUT2D eigenvalue weighted by molar-refractivity contribution is 7.92. The third-order valence-electron chi connectivity index (χ3n) is 5.96. The van der Waals surface area contributed by atoms with Crippen molar-refractivity contribution >= 4 is 50.7 Å². The Bertz CT molecular complexity index is 1350. The number of carbonyl (C=O) groups excluding carboxylic acids is 2. The van der Waals surface area contributed by atoms with Gasteiger partial charge < -0.3 is 10.2 Å². The Morgan fingerprint density at radius 3 is 2.08 bits per heavy atom. The van der Waals surface area contributed by atoms with Crippen LogP contribution in [0.5, 0.6) is 0 Å². The molecule has 38 heavy (non-hydrogen) atoms. The molecule has 2 amide bonds. The average Bonchev–Trinajstić information content (AvgIpc) is 2.92. The summed E-state index contributed by atoms with van der Waals surface area (Å²) in [5, 5.41) is 3.46. The van der Waals surface area contributed by atoms with E-state index in [-0.39, 0.29) is 28.1 Å². The van der Waals surface area contributed by atoms with Gasteiger partial charge in [-0.3, -0.25) is 13.9 Å². The van der Waals surface area contributed by atoms with Crippen LogP contribution in [-0.4, -0.2) is 44.3 Å². The topological polar surface area (TPSA) is 86.8 Å². The van der Waals surface area contributed by atoms with Gasteiger partial charge in [0.05, 0.1) is 15.6 Å². The second-order valence-corrected chi connectivity index (χ2v) is 11.3. The molecular weight excluding hydrogens is 545 g/mol. The van der Waals surface area contributed by atoms with Gasteiger partial charge in [-0.2, -0.15) is 0 Å². The van der Waals surface area contributed by atoms with Crippen LogP contribution in [0.3, 0.4) is 0 Å². The molecule has 202 valence electrons. The maximum atomic E-state index is 14.0. The van der Waals surface area contributed by atoms with Gasteiger partial charge in [0.25, 0.3) is 10.0 Å². The molecule has 1 unspecified atom stereocenters. The van der Waals surface area contributed by atoms with Gasteiger partial charge in [0.15, 0.2) is 0 Å². The molecule has 10 heteroatoms. The van der Waals surface area contributed by atoms with Crippen LogP contribution >= 0.6 is 23.2 Å². The molecule has 0 saturated heterocycles. The molecule has 1 N–H and O–H groups in total. The van der Waals surface area contributed by atoms with E-state index in [0.717, 1.165) is 10.7 Å².